The molecule has 0 radical (unpaired) electrons. The largest absolute Gasteiger partial charge is 0.352 e. The molecule has 0 unspecified atom stereocenters. The second kappa shape index (κ2) is 6.23. The molecule has 0 aliphatic heterocycles. The van der Waals surface area contributed by atoms with Gasteiger partial charge in [0.1, 0.15) is 10.7 Å². The average Bonchev–Trinajstić information content (AvgIpc) is 3.26. The molecule has 1 saturated carbocycles. The lowest BCUT2D eigenvalue weighted by Crippen LogP contribution is -2.37. The number of thiophene rings is 1. The number of amides is 2. The second-order valence-electron chi connectivity index (χ2n) is 5.84. The molecule has 3 rings (SSSR count). The number of carbonyl (C=O) groups excluding carboxylic acids is 2. The Balaban J connectivity index is 1.78. The van der Waals surface area contributed by atoms with Crippen molar-refractivity contribution in [1.29, 1.82) is 0 Å². The topological polar surface area (TPSA) is 84.0 Å². The van der Waals surface area contributed by atoms with Crippen molar-refractivity contribution in [2.45, 2.75) is 46.1 Å². The summed E-state index contributed by atoms with van der Waals surface area (Å²) in [6.07, 6.45) is 2.83. The molecule has 0 aromatic carbocycles. The van der Waals surface area contributed by atoms with Crippen LogP contribution in [-0.4, -0.2) is 34.4 Å². The molecule has 2 aromatic rings. The number of nitrogens with one attached hydrogen (secondary N) is 2. The number of hydrogen-bond donors (Lipinski definition) is 2. The Labute approximate surface area is 138 Å². The lowest BCUT2D eigenvalue weighted by Gasteiger charge is -2.05. The van der Waals surface area contributed by atoms with E-state index in [1.165, 1.54) is 11.3 Å². The van der Waals surface area contributed by atoms with Crippen LogP contribution in [0.5, 0.6) is 0 Å². The fourth-order valence-corrected chi connectivity index (χ4v) is 3.68. The van der Waals surface area contributed by atoms with Crippen LogP contribution >= 0.6 is 11.3 Å². The van der Waals surface area contributed by atoms with Crippen molar-refractivity contribution in [2.75, 3.05) is 6.54 Å². The van der Waals surface area contributed by atoms with Gasteiger partial charge in [0.2, 0.25) is 5.91 Å². The number of hydrogen-bond acceptors (Lipinski definition) is 5. The third-order valence-electron chi connectivity index (χ3n) is 3.89. The Hall–Kier alpha value is -2.02. The summed E-state index contributed by atoms with van der Waals surface area (Å²) < 4.78 is 0. The van der Waals surface area contributed by atoms with E-state index in [0.717, 1.165) is 46.6 Å². The van der Waals surface area contributed by atoms with E-state index in [1.807, 2.05) is 20.8 Å². The van der Waals surface area contributed by atoms with E-state index in [1.54, 1.807) is 0 Å². The van der Waals surface area contributed by atoms with Crippen LogP contribution in [0, 0.1) is 13.8 Å². The number of fused-ring (bicyclic) bond motifs is 1. The number of nitrogens with zero attached hydrogens (tertiary/aromatic N) is 2. The van der Waals surface area contributed by atoms with Gasteiger partial charge in [-0.3, -0.25) is 9.59 Å². The number of aryl methyl sites for hydroxylation is 3. The van der Waals surface area contributed by atoms with Crippen LogP contribution < -0.4 is 10.6 Å². The third-order valence-corrected chi connectivity index (χ3v) is 5.08. The van der Waals surface area contributed by atoms with Gasteiger partial charge in [0, 0.05) is 23.5 Å². The molecule has 2 N–H and O–H groups in total. The van der Waals surface area contributed by atoms with E-state index in [-0.39, 0.29) is 18.4 Å². The van der Waals surface area contributed by atoms with Crippen molar-refractivity contribution in [3.63, 3.8) is 0 Å². The zero-order valence-electron chi connectivity index (χ0n) is 13.5. The molecule has 122 valence electrons. The van der Waals surface area contributed by atoms with Crippen molar-refractivity contribution < 1.29 is 9.59 Å². The second-order valence-corrected chi connectivity index (χ2v) is 6.84. The van der Waals surface area contributed by atoms with E-state index in [9.17, 15) is 9.59 Å². The van der Waals surface area contributed by atoms with Crippen LogP contribution in [0.25, 0.3) is 10.2 Å². The first-order valence-corrected chi connectivity index (χ1v) is 8.65. The van der Waals surface area contributed by atoms with Crippen LogP contribution in [0.3, 0.4) is 0 Å². The number of rotatable bonds is 5. The maximum absolute atomic E-state index is 12.4. The molecule has 1 aliphatic rings. The van der Waals surface area contributed by atoms with Gasteiger partial charge in [-0.1, -0.05) is 6.92 Å². The molecule has 1 fully saturated rings. The van der Waals surface area contributed by atoms with E-state index < -0.39 is 0 Å². The molecule has 0 bridgehead atoms. The van der Waals surface area contributed by atoms with Gasteiger partial charge in [0.25, 0.3) is 5.91 Å². The molecule has 0 spiro atoms. The first kappa shape index (κ1) is 15.9. The van der Waals surface area contributed by atoms with Gasteiger partial charge < -0.3 is 10.6 Å². The van der Waals surface area contributed by atoms with Crippen molar-refractivity contribution in [2.24, 2.45) is 0 Å². The highest BCUT2D eigenvalue weighted by atomic mass is 32.1. The minimum Gasteiger partial charge on any atom is -0.352 e. The monoisotopic (exact) mass is 332 g/mol. The Morgan fingerprint density at radius 2 is 2.00 bits per heavy atom. The molecule has 6 nitrogen and oxygen atoms in total. The molecule has 2 heterocycles. The molecular formula is C16H20N4O2S. The molecular weight excluding hydrogens is 312 g/mol. The standard InChI is InChI=1S/C16H20N4O2S/c1-4-11-18-9(3)13-8(2)14(23-16(13)20-11)15(22)17-7-12(21)19-10-5-6-10/h10H,4-7H2,1-3H3,(H,17,22)(H,19,21). The molecule has 7 heteroatoms. The third kappa shape index (κ3) is 3.34. The van der Waals surface area contributed by atoms with Crippen LogP contribution in [-0.2, 0) is 11.2 Å². The lowest BCUT2D eigenvalue weighted by atomic mass is 10.1. The summed E-state index contributed by atoms with van der Waals surface area (Å²) in [5.74, 6) is 0.421. The summed E-state index contributed by atoms with van der Waals surface area (Å²) in [5.41, 5.74) is 1.77. The van der Waals surface area contributed by atoms with E-state index in [0.29, 0.717) is 10.9 Å². The van der Waals surface area contributed by atoms with Crippen molar-refractivity contribution in [3.05, 3.63) is 22.0 Å². The molecule has 23 heavy (non-hydrogen) atoms. The summed E-state index contributed by atoms with van der Waals surface area (Å²) in [6, 6.07) is 0.302. The normalized spacial score (nSPS) is 14.0. The average molecular weight is 332 g/mol. The van der Waals surface area contributed by atoms with Gasteiger partial charge in [0.15, 0.2) is 0 Å². The first-order chi connectivity index (χ1) is 11.0. The quantitative estimate of drug-likeness (QED) is 0.875. The highest BCUT2D eigenvalue weighted by Gasteiger charge is 2.24. The predicted molar refractivity (Wildman–Crippen MR) is 89.8 cm³/mol. The first-order valence-electron chi connectivity index (χ1n) is 7.83. The molecule has 1 aliphatic carbocycles. The zero-order valence-corrected chi connectivity index (χ0v) is 14.3. The molecule has 0 saturated heterocycles. The molecule has 2 amide bonds. The van der Waals surface area contributed by atoms with Gasteiger partial charge in [-0.2, -0.15) is 0 Å². The van der Waals surface area contributed by atoms with Crippen molar-refractivity contribution >= 4 is 33.4 Å². The number of carbonyl (C=O) groups is 2. The fraction of sp³-hybridized carbons (Fsp3) is 0.500. The summed E-state index contributed by atoms with van der Waals surface area (Å²) in [4.78, 5) is 34.5. The maximum Gasteiger partial charge on any atom is 0.262 e. The van der Waals surface area contributed by atoms with Gasteiger partial charge in [-0.05, 0) is 32.3 Å². The minimum atomic E-state index is -0.228. The Bertz CT molecular complexity index is 780. The fourth-order valence-electron chi connectivity index (χ4n) is 2.52. The molecule has 2 aromatic heterocycles. The van der Waals surface area contributed by atoms with Crippen LogP contribution in [0.1, 0.15) is 46.5 Å². The highest BCUT2D eigenvalue weighted by Crippen LogP contribution is 2.31. The lowest BCUT2D eigenvalue weighted by molar-refractivity contribution is -0.120. The van der Waals surface area contributed by atoms with Crippen LogP contribution in [0.15, 0.2) is 0 Å². The minimum absolute atomic E-state index is 0.00783. The van der Waals surface area contributed by atoms with Gasteiger partial charge in [-0.25, -0.2) is 9.97 Å². The number of aromatic nitrogens is 2. The van der Waals surface area contributed by atoms with Gasteiger partial charge in [-0.15, -0.1) is 11.3 Å². The summed E-state index contributed by atoms with van der Waals surface area (Å²) in [6.45, 7) is 5.86. The predicted octanol–water partition coefficient (Wildman–Crippen LogP) is 1.88. The van der Waals surface area contributed by atoms with Crippen molar-refractivity contribution in [1.82, 2.24) is 20.6 Å². The Kier molecular flexibility index (Phi) is 4.30. The smallest absolute Gasteiger partial charge is 0.262 e. The Morgan fingerprint density at radius 1 is 1.26 bits per heavy atom. The zero-order chi connectivity index (χ0) is 16.6. The van der Waals surface area contributed by atoms with Crippen molar-refractivity contribution in [3.8, 4) is 0 Å². The summed E-state index contributed by atoms with van der Waals surface area (Å²) in [5, 5.41) is 6.49. The van der Waals surface area contributed by atoms with Crippen LogP contribution in [0.4, 0.5) is 0 Å². The molecule has 0 atom stereocenters. The van der Waals surface area contributed by atoms with Gasteiger partial charge >= 0.3 is 0 Å². The van der Waals surface area contributed by atoms with E-state index in [4.69, 9.17) is 0 Å². The Morgan fingerprint density at radius 3 is 2.65 bits per heavy atom. The highest BCUT2D eigenvalue weighted by molar-refractivity contribution is 7.20. The van der Waals surface area contributed by atoms with E-state index in [2.05, 4.69) is 20.6 Å². The van der Waals surface area contributed by atoms with Crippen LogP contribution in [0.2, 0.25) is 0 Å². The SMILES string of the molecule is CCc1nc(C)c2c(C)c(C(=O)NCC(=O)NC3CC3)sc2n1. The van der Waals surface area contributed by atoms with E-state index >= 15 is 0 Å². The van der Waals surface area contributed by atoms with Gasteiger partial charge in [0.05, 0.1) is 11.4 Å². The maximum atomic E-state index is 12.4. The summed E-state index contributed by atoms with van der Waals surface area (Å²) in [7, 11) is 0. The summed E-state index contributed by atoms with van der Waals surface area (Å²) >= 11 is 1.36.